The predicted octanol–water partition coefficient (Wildman–Crippen LogP) is 31.2. The Hall–Kier alpha value is -18.7. The molecule has 26 aromatic rings. The molecule has 6 aromatic heterocycles. The molecule has 0 aliphatic carbocycles. The number of rotatable bonds is 15. The number of hydrogen-bond acceptors (Lipinski definition) is 9. The standard InChI is InChI=1S/2C43H28N4.C39H26N4/c1-4-13-29(14-5-1)35-21-12-22-38-39(35)37-28-25-30-15-10-11-20-36(30)40(37)47(38)34-26-23-33(24-27-34)43-45-41(31-16-6-2-7-17-31)44-42(46-43)32-18-8-3-9-19-32;1-4-13-29(14-5-1)36-21-12-22-38-40(36)37-27-33-19-10-11-20-34(33)28-39(37)47(38)35-25-23-32(24-26-35)43-45-41(30-15-6-2-7-16-30)44-42(46-43)31-17-8-3-9-18-31;1-4-13-27(14-5-1)32-20-12-22-35-36(32)33-19-10-11-21-34(33)43(35)31-25-23-30(24-26-31)39-41-37(28-15-6-2-7-16-28)40-38(42-39)29-17-8-3-9-18-29/h2*1-28H;1-26H. The third kappa shape index (κ3) is 15.7. The molecule has 0 bridgehead atoms. The van der Waals surface area contributed by atoms with Gasteiger partial charge < -0.3 is 13.7 Å². The van der Waals surface area contributed by atoms with E-state index in [0.29, 0.717) is 52.4 Å². The van der Waals surface area contributed by atoms with Gasteiger partial charge in [0.15, 0.2) is 52.4 Å². The van der Waals surface area contributed by atoms with E-state index in [2.05, 4.69) is 329 Å². The van der Waals surface area contributed by atoms with Crippen molar-refractivity contribution in [3.8, 4) is 153 Å². The molecular weight excluding hydrogens is 1670 g/mol. The Morgan fingerprint density at radius 2 is 0.372 bits per heavy atom. The van der Waals surface area contributed by atoms with Crippen LogP contribution in [0.25, 0.3) is 240 Å². The monoisotopic (exact) mass is 1750 g/mol. The number of benzene rings is 20. The van der Waals surface area contributed by atoms with Crippen molar-refractivity contribution in [1.29, 1.82) is 0 Å². The summed E-state index contributed by atoms with van der Waals surface area (Å²) in [6.45, 7) is 0. The van der Waals surface area contributed by atoms with Crippen molar-refractivity contribution in [2.24, 2.45) is 0 Å². The van der Waals surface area contributed by atoms with Gasteiger partial charge in [0.25, 0.3) is 0 Å². The highest BCUT2D eigenvalue weighted by Crippen LogP contribution is 2.46. The van der Waals surface area contributed by atoms with Crippen LogP contribution in [0.3, 0.4) is 0 Å². The zero-order valence-electron chi connectivity index (χ0n) is 74.2. The van der Waals surface area contributed by atoms with Crippen LogP contribution in [0.2, 0.25) is 0 Å². The van der Waals surface area contributed by atoms with Gasteiger partial charge in [0.05, 0.1) is 33.1 Å². The Labute approximate surface area is 790 Å². The van der Waals surface area contributed by atoms with Crippen molar-refractivity contribution in [2.45, 2.75) is 0 Å². The lowest BCUT2D eigenvalue weighted by Crippen LogP contribution is -2.00. The van der Waals surface area contributed by atoms with Gasteiger partial charge in [-0.15, -0.1) is 0 Å². The summed E-state index contributed by atoms with van der Waals surface area (Å²) < 4.78 is 7.13. The molecule has 12 heteroatoms. The van der Waals surface area contributed by atoms with Gasteiger partial charge >= 0.3 is 0 Å². The van der Waals surface area contributed by atoms with Gasteiger partial charge in [0, 0.05) is 105 Å². The lowest BCUT2D eigenvalue weighted by molar-refractivity contribution is 1.07. The highest BCUT2D eigenvalue weighted by molar-refractivity contribution is 6.23. The fraction of sp³-hybridized carbons (Fsp3) is 0. The van der Waals surface area contributed by atoms with Gasteiger partial charge in [0.2, 0.25) is 0 Å². The summed E-state index contributed by atoms with van der Waals surface area (Å²) in [5.41, 5.74) is 26.2. The smallest absolute Gasteiger partial charge is 0.164 e. The molecule has 26 rings (SSSR count). The Bertz CT molecular complexity index is 8700. The fourth-order valence-corrected chi connectivity index (χ4v) is 19.1. The van der Waals surface area contributed by atoms with Gasteiger partial charge in [0.1, 0.15) is 0 Å². The maximum absolute atomic E-state index is 4.95. The maximum atomic E-state index is 4.95. The van der Waals surface area contributed by atoms with Crippen LogP contribution in [-0.4, -0.2) is 58.6 Å². The van der Waals surface area contributed by atoms with Gasteiger partial charge in [-0.25, -0.2) is 44.9 Å². The Morgan fingerprint density at radius 1 is 0.131 bits per heavy atom. The number of hydrogen-bond donors (Lipinski definition) is 0. The highest BCUT2D eigenvalue weighted by Gasteiger charge is 2.25. The summed E-state index contributed by atoms with van der Waals surface area (Å²) in [7, 11) is 0. The van der Waals surface area contributed by atoms with Crippen LogP contribution in [0, 0.1) is 0 Å². The first kappa shape index (κ1) is 81.6. The molecular formula is C125H82N12. The van der Waals surface area contributed by atoms with E-state index in [1.165, 1.54) is 120 Å². The summed E-state index contributed by atoms with van der Waals surface area (Å²) in [4.78, 5) is 44.1. The zero-order valence-corrected chi connectivity index (χ0v) is 74.2. The molecule has 0 aliphatic heterocycles. The van der Waals surface area contributed by atoms with Gasteiger partial charge in [-0.1, -0.05) is 388 Å². The van der Waals surface area contributed by atoms with Crippen molar-refractivity contribution >= 4 is 87.0 Å². The van der Waals surface area contributed by atoms with Crippen LogP contribution in [0.5, 0.6) is 0 Å². The van der Waals surface area contributed by atoms with Crippen LogP contribution in [0.4, 0.5) is 0 Å². The number of nitrogens with zero attached hydrogens (tertiary/aromatic N) is 12. The molecule has 137 heavy (non-hydrogen) atoms. The summed E-state index contributed by atoms with van der Waals surface area (Å²) in [6, 6.07) is 173. The molecule has 0 saturated carbocycles. The SMILES string of the molecule is c1ccc(-c2nc(-c3ccccc3)nc(-c3ccc(-n4c5cc6ccccc6cc5c5c(-c6ccccc6)cccc54)cc3)n2)cc1.c1ccc(-c2nc(-c3ccccc3)nc(-c3ccc(-n4c5cccc(-c6ccccc6)c5c5ccc6ccccc6c54)cc3)n2)cc1.c1ccc(-c2nc(-c3ccccc3)nc(-c3ccc(-n4c5ccccc5c5c(-c6ccccc6)cccc54)cc3)n2)cc1. The van der Waals surface area contributed by atoms with Gasteiger partial charge in [-0.3, -0.25) is 0 Å². The molecule has 0 radical (unpaired) electrons. The van der Waals surface area contributed by atoms with Crippen LogP contribution in [0.1, 0.15) is 0 Å². The molecule has 0 atom stereocenters. The average molecular weight is 1750 g/mol. The molecule has 0 N–H and O–H groups in total. The summed E-state index contributed by atoms with van der Waals surface area (Å²) in [5.74, 6) is 5.86. The minimum atomic E-state index is 0.642. The normalized spacial score (nSPS) is 11.4. The lowest BCUT2D eigenvalue weighted by Gasteiger charge is -2.12. The van der Waals surface area contributed by atoms with Gasteiger partial charge in [-0.05, 0) is 159 Å². The predicted molar refractivity (Wildman–Crippen MR) is 563 cm³/mol. The van der Waals surface area contributed by atoms with E-state index >= 15 is 0 Å². The molecule has 20 aromatic carbocycles. The molecule has 12 nitrogen and oxygen atoms in total. The van der Waals surface area contributed by atoms with E-state index in [9.17, 15) is 0 Å². The molecule has 0 spiro atoms. The minimum absolute atomic E-state index is 0.642. The third-order valence-electron chi connectivity index (χ3n) is 25.5. The molecule has 642 valence electrons. The Balaban J connectivity index is 0.000000112. The number of aromatic nitrogens is 12. The van der Waals surface area contributed by atoms with Crippen molar-refractivity contribution in [1.82, 2.24) is 58.6 Å². The highest BCUT2D eigenvalue weighted by atomic mass is 15.1. The van der Waals surface area contributed by atoms with Crippen molar-refractivity contribution in [3.63, 3.8) is 0 Å². The first-order valence-corrected chi connectivity index (χ1v) is 46.0. The number of para-hydroxylation sites is 1. The van der Waals surface area contributed by atoms with Crippen LogP contribution in [0.15, 0.2) is 497 Å². The van der Waals surface area contributed by atoms with Crippen molar-refractivity contribution in [3.05, 3.63) is 497 Å². The first-order chi connectivity index (χ1) is 67.9. The van der Waals surface area contributed by atoms with Crippen LogP contribution < -0.4 is 0 Å². The second-order valence-corrected chi connectivity index (χ2v) is 33.9. The molecule has 6 heterocycles. The van der Waals surface area contributed by atoms with Crippen LogP contribution >= 0.6 is 0 Å². The van der Waals surface area contributed by atoms with E-state index in [1.807, 2.05) is 182 Å². The van der Waals surface area contributed by atoms with E-state index in [4.69, 9.17) is 44.9 Å². The summed E-state index contributed by atoms with van der Waals surface area (Å²) in [5, 5.41) is 12.4. The molecule has 0 saturated heterocycles. The molecule has 0 amide bonds. The van der Waals surface area contributed by atoms with Crippen molar-refractivity contribution in [2.75, 3.05) is 0 Å². The average Bonchev–Trinajstić information content (AvgIpc) is 1.53. The molecule has 0 unspecified atom stereocenters. The zero-order chi connectivity index (χ0) is 90.9. The third-order valence-corrected chi connectivity index (χ3v) is 25.5. The maximum Gasteiger partial charge on any atom is 0.164 e. The largest absolute Gasteiger partial charge is 0.309 e. The van der Waals surface area contributed by atoms with E-state index < -0.39 is 0 Å². The van der Waals surface area contributed by atoms with E-state index in [1.54, 1.807) is 0 Å². The first-order valence-electron chi connectivity index (χ1n) is 46.0. The minimum Gasteiger partial charge on any atom is -0.309 e. The second-order valence-electron chi connectivity index (χ2n) is 33.9. The van der Waals surface area contributed by atoms with Gasteiger partial charge in [-0.2, -0.15) is 0 Å². The summed E-state index contributed by atoms with van der Waals surface area (Å²) in [6.07, 6.45) is 0. The summed E-state index contributed by atoms with van der Waals surface area (Å²) >= 11 is 0. The fourth-order valence-electron chi connectivity index (χ4n) is 19.1. The van der Waals surface area contributed by atoms with Crippen molar-refractivity contribution < 1.29 is 0 Å². The topological polar surface area (TPSA) is 131 Å². The lowest BCUT2D eigenvalue weighted by atomic mass is 9.98. The van der Waals surface area contributed by atoms with E-state index in [0.717, 1.165) is 67.1 Å². The van der Waals surface area contributed by atoms with Crippen LogP contribution in [-0.2, 0) is 0 Å². The molecule has 0 aliphatic rings. The number of fused-ring (bicyclic) bond motifs is 12. The Morgan fingerprint density at radius 3 is 0.715 bits per heavy atom. The Kier molecular flexibility index (Phi) is 21.4. The molecule has 0 fully saturated rings. The second kappa shape index (κ2) is 35.9. The van der Waals surface area contributed by atoms with E-state index in [-0.39, 0.29) is 0 Å². The quantitative estimate of drug-likeness (QED) is 0.0984.